The number of fused-ring (bicyclic) bond motifs is 1. The number of carbonyl (C=O) groups excluding carboxylic acids is 1. The number of hydrogen-bond donors (Lipinski definition) is 2. The molecule has 44 heavy (non-hydrogen) atoms. The molecule has 4 heterocycles. The number of amides is 1. The van der Waals surface area contributed by atoms with Crippen LogP contribution < -0.4 is 15.5 Å². The molecule has 0 aliphatic carbocycles. The van der Waals surface area contributed by atoms with E-state index in [0.717, 1.165) is 70.7 Å². The summed E-state index contributed by atoms with van der Waals surface area (Å²) >= 11 is 1.56. The number of piperazine rings is 1. The Morgan fingerprint density at radius 1 is 0.886 bits per heavy atom. The van der Waals surface area contributed by atoms with Gasteiger partial charge in [-0.25, -0.2) is 15.0 Å². The van der Waals surface area contributed by atoms with E-state index in [1.54, 1.807) is 17.5 Å². The lowest BCUT2D eigenvalue weighted by Crippen LogP contribution is -2.44. The summed E-state index contributed by atoms with van der Waals surface area (Å²) in [5.74, 6) is 0.440. The van der Waals surface area contributed by atoms with Gasteiger partial charge in [-0.05, 0) is 55.1 Å². The van der Waals surface area contributed by atoms with Gasteiger partial charge in [0.1, 0.15) is 5.69 Å². The SMILES string of the molecule is CN1CCN(c2ccc(Nc3nccc(-c4c(-c5cccc(NC(=O)Cc6ccccc6)c5)nc5sccn45)n3)cc2)CC1. The topological polar surface area (TPSA) is 90.7 Å². The highest BCUT2D eigenvalue weighted by Gasteiger charge is 2.19. The molecule has 1 fully saturated rings. The molecule has 1 amide bonds. The molecule has 0 bridgehead atoms. The molecule has 2 N–H and O–H groups in total. The van der Waals surface area contributed by atoms with Crippen molar-refractivity contribution in [3.8, 4) is 22.6 Å². The van der Waals surface area contributed by atoms with Crippen molar-refractivity contribution in [1.29, 1.82) is 0 Å². The lowest BCUT2D eigenvalue weighted by atomic mass is 10.1. The first kappa shape index (κ1) is 27.8. The van der Waals surface area contributed by atoms with Crippen LogP contribution in [0.15, 0.2) is 103 Å². The first-order valence-electron chi connectivity index (χ1n) is 14.6. The zero-order valence-corrected chi connectivity index (χ0v) is 25.2. The Morgan fingerprint density at radius 3 is 2.52 bits per heavy atom. The molecule has 0 saturated carbocycles. The van der Waals surface area contributed by atoms with Crippen LogP contribution >= 0.6 is 11.3 Å². The van der Waals surface area contributed by atoms with E-state index in [0.29, 0.717) is 12.4 Å². The summed E-state index contributed by atoms with van der Waals surface area (Å²) in [6.07, 6.45) is 4.08. The first-order chi connectivity index (χ1) is 21.6. The van der Waals surface area contributed by atoms with Gasteiger partial charge in [0.2, 0.25) is 11.9 Å². The summed E-state index contributed by atoms with van der Waals surface area (Å²) in [5.41, 5.74) is 7.13. The minimum Gasteiger partial charge on any atom is -0.369 e. The molecule has 0 radical (unpaired) electrons. The molecular weight excluding hydrogens is 568 g/mol. The Hall–Kier alpha value is -5.06. The summed E-state index contributed by atoms with van der Waals surface area (Å²) in [5, 5.41) is 8.42. The second-order valence-corrected chi connectivity index (χ2v) is 11.8. The van der Waals surface area contributed by atoms with Crippen molar-refractivity contribution in [1.82, 2.24) is 24.3 Å². The number of carbonyl (C=O) groups is 1. The molecule has 3 aromatic heterocycles. The van der Waals surface area contributed by atoms with E-state index < -0.39 is 0 Å². The molecule has 0 spiro atoms. The second-order valence-electron chi connectivity index (χ2n) is 10.9. The van der Waals surface area contributed by atoms with Gasteiger partial charge in [0.15, 0.2) is 4.96 Å². The average molecular weight is 601 g/mol. The van der Waals surface area contributed by atoms with E-state index >= 15 is 0 Å². The van der Waals surface area contributed by atoms with Crippen LogP contribution in [-0.2, 0) is 11.2 Å². The third kappa shape index (κ3) is 6.03. The standard InChI is InChI=1S/C34H32N8OS/c1-40-16-18-41(19-17-40)28-12-10-26(11-13-28)37-33-35-15-14-29(38-33)32-31(39-34-42(32)20-21-44-34)25-8-5-9-27(23-25)36-30(43)22-24-6-3-2-4-7-24/h2-15,20-21,23H,16-19,22H2,1H3,(H,36,43)(H,35,37,38). The minimum absolute atomic E-state index is 0.0671. The van der Waals surface area contributed by atoms with E-state index in [2.05, 4.69) is 61.1 Å². The highest BCUT2D eigenvalue weighted by molar-refractivity contribution is 7.15. The molecule has 9 nitrogen and oxygen atoms in total. The van der Waals surface area contributed by atoms with E-state index in [1.807, 2.05) is 72.2 Å². The highest BCUT2D eigenvalue weighted by Crippen LogP contribution is 2.35. The lowest BCUT2D eigenvalue weighted by Gasteiger charge is -2.34. The van der Waals surface area contributed by atoms with Crippen LogP contribution in [0.1, 0.15) is 5.56 Å². The van der Waals surface area contributed by atoms with Crippen molar-refractivity contribution in [2.45, 2.75) is 6.42 Å². The van der Waals surface area contributed by atoms with Crippen LogP contribution in [0.4, 0.5) is 23.0 Å². The second kappa shape index (κ2) is 12.3. The van der Waals surface area contributed by atoms with Gasteiger partial charge < -0.3 is 20.4 Å². The fourth-order valence-electron chi connectivity index (χ4n) is 5.46. The number of thiazole rings is 1. The Balaban J connectivity index is 1.13. The summed E-state index contributed by atoms with van der Waals surface area (Å²) < 4.78 is 2.05. The maximum atomic E-state index is 12.8. The van der Waals surface area contributed by atoms with Crippen LogP contribution in [-0.4, -0.2) is 63.4 Å². The van der Waals surface area contributed by atoms with E-state index in [9.17, 15) is 4.79 Å². The van der Waals surface area contributed by atoms with Crippen molar-refractivity contribution in [2.24, 2.45) is 0 Å². The molecule has 3 aromatic carbocycles. The van der Waals surface area contributed by atoms with Crippen molar-refractivity contribution in [3.63, 3.8) is 0 Å². The quantitative estimate of drug-likeness (QED) is 0.215. The zero-order valence-electron chi connectivity index (χ0n) is 24.4. The molecule has 1 aliphatic heterocycles. The Kier molecular flexibility index (Phi) is 7.74. The van der Waals surface area contributed by atoms with Crippen LogP contribution in [0.25, 0.3) is 27.6 Å². The van der Waals surface area contributed by atoms with Gasteiger partial charge >= 0.3 is 0 Å². The molecule has 220 valence electrons. The zero-order chi connectivity index (χ0) is 29.9. The molecule has 1 aliphatic rings. The summed E-state index contributed by atoms with van der Waals surface area (Å²) in [6, 6.07) is 27.9. The number of rotatable bonds is 8. The molecule has 0 atom stereocenters. The maximum absolute atomic E-state index is 12.8. The van der Waals surface area contributed by atoms with Crippen molar-refractivity contribution in [3.05, 3.63) is 108 Å². The van der Waals surface area contributed by atoms with Gasteiger partial charge in [-0.15, -0.1) is 11.3 Å². The molecule has 1 saturated heterocycles. The predicted molar refractivity (Wildman–Crippen MR) is 178 cm³/mol. The number of nitrogens with zero attached hydrogens (tertiary/aromatic N) is 6. The number of nitrogens with one attached hydrogen (secondary N) is 2. The first-order valence-corrected chi connectivity index (χ1v) is 15.5. The van der Waals surface area contributed by atoms with E-state index in [4.69, 9.17) is 9.97 Å². The number of benzene rings is 3. The Morgan fingerprint density at radius 2 is 1.70 bits per heavy atom. The Labute approximate surface area is 259 Å². The van der Waals surface area contributed by atoms with Gasteiger partial charge in [0.05, 0.1) is 17.8 Å². The van der Waals surface area contributed by atoms with Crippen LogP contribution in [0.5, 0.6) is 0 Å². The third-order valence-corrected chi connectivity index (χ3v) is 8.54. The summed E-state index contributed by atoms with van der Waals surface area (Å²) in [7, 11) is 2.17. The fraction of sp³-hybridized carbons (Fsp3) is 0.176. The van der Waals surface area contributed by atoms with Crippen molar-refractivity contribution < 1.29 is 4.79 Å². The lowest BCUT2D eigenvalue weighted by molar-refractivity contribution is -0.115. The van der Waals surface area contributed by atoms with Gasteiger partial charge in [0.25, 0.3) is 0 Å². The van der Waals surface area contributed by atoms with Crippen LogP contribution in [0, 0.1) is 0 Å². The third-order valence-electron chi connectivity index (χ3n) is 7.78. The summed E-state index contributed by atoms with van der Waals surface area (Å²) in [4.78, 5) is 32.8. The van der Waals surface area contributed by atoms with E-state index in [-0.39, 0.29) is 5.91 Å². The van der Waals surface area contributed by atoms with Gasteiger partial charge in [-0.1, -0.05) is 42.5 Å². The molecular formula is C34H32N8OS. The summed E-state index contributed by atoms with van der Waals surface area (Å²) in [6.45, 7) is 4.20. The number of hydrogen-bond acceptors (Lipinski definition) is 8. The van der Waals surface area contributed by atoms with Crippen molar-refractivity contribution >= 4 is 45.2 Å². The van der Waals surface area contributed by atoms with Crippen LogP contribution in [0.2, 0.25) is 0 Å². The highest BCUT2D eigenvalue weighted by atomic mass is 32.1. The molecule has 7 rings (SSSR count). The monoisotopic (exact) mass is 600 g/mol. The smallest absolute Gasteiger partial charge is 0.228 e. The molecule has 6 aromatic rings. The van der Waals surface area contributed by atoms with Gasteiger partial charge in [-0.2, -0.15) is 0 Å². The Bertz CT molecular complexity index is 1890. The van der Waals surface area contributed by atoms with E-state index in [1.165, 1.54) is 5.69 Å². The largest absolute Gasteiger partial charge is 0.369 e. The molecule has 10 heteroatoms. The van der Waals surface area contributed by atoms with Crippen molar-refractivity contribution in [2.75, 3.05) is 48.8 Å². The number of imidazole rings is 1. The average Bonchev–Trinajstić information content (AvgIpc) is 3.65. The number of aromatic nitrogens is 4. The number of anilines is 4. The predicted octanol–water partition coefficient (Wildman–Crippen LogP) is 6.20. The van der Waals surface area contributed by atoms with Gasteiger partial charge in [0, 0.05) is 66.6 Å². The molecule has 0 unspecified atom stereocenters. The maximum Gasteiger partial charge on any atom is 0.228 e. The fourth-order valence-corrected chi connectivity index (χ4v) is 6.18. The normalized spacial score (nSPS) is 13.7. The minimum atomic E-state index is -0.0671. The van der Waals surface area contributed by atoms with Crippen LogP contribution in [0.3, 0.4) is 0 Å². The number of likely N-dealkylation sites (N-methyl/N-ethyl adjacent to an activating group) is 1. The van der Waals surface area contributed by atoms with Gasteiger partial charge in [-0.3, -0.25) is 9.20 Å².